The summed E-state index contributed by atoms with van der Waals surface area (Å²) in [5, 5.41) is 12.1. The van der Waals surface area contributed by atoms with E-state index in [4.69, 9.17) is 5.11 Å². The van der Waals surface area contributed by atoms with Crippen LogP contribution in [0, 0.1) is 17.8 Å². The Morgan fingerprint density at radius 1 is 1.67 bits per heavy atom. The molecule has 0 aliphatic carbocycles. The molecule has 1 rings (SSSR count). The van der Waals surface area contributed by atoms with E-state index in [-0.39, 0.29) is 5.92 Å². The molecule has 1 heterocycles. The van der Waals surface area contributed by atoms with Gasteiger partial charge in [0.05, 0.1) is 5.92 Å². The maximum atomic E-state index is 10.7. The molecule has 2 N–H and O–H groups in total. The highest BCUT2D eigenvalue weighted by atomic mass is 16.4. The lowest BCUT2D eigenvalue weighted by molar-refractivity contribution is -0.144. The second kappa shape index (κ2) is 3.90. The van der Waals surface area contributed by atoms with Gasteiger partial charge in [-0.3, -0.25) is 4.79 Å². The van der Waals surface area contributed by atoms with Crippen molar-refractivity contribution in [3.63, 3.8) is 0 Å². The van der Waals surface area contributed by atoms with Gasteiger partial charge in [-0.25, -0.2) is 0 Å². The molecule has 0 aromatic carbocycles. The molecule has 1 saturated heterocycles. The van der Waals surface area contributed by atoms with Gasteiger partial charge >= 0.3 is 5.97 Å². The second-order valence-corrected chi connectivity index (χ2v) is 3.76. The maximum absolute atomic E-state index is 10.7. The third-order valence-electron chi connectivity index (χ3n) is 2.88. The number of carboxylic acid groups (broad SMARTS) is 1. The lowest BCUT2D eigenvalue weighted by Gasteiger charge is -2.32. The molecule has 1 aliphatic rings. The average Bonchev–Trinajstić information content (AvgIpc) is 2.04. The largest absolute Gasteiger partial charge is 0.481 e. The number of hydrogen-bond acceptors (Lipinski definition) is 2. The molecule has 0 bridgehead atoms. The summed E-state index contributed by atoms with van der Waals surface area (Å²) in [5.41, 5.74) is 0. The Morgan fingerprint density at radius 3 is 2.83 bits per heavy atom. The second-order valence-electron chi connectivity index (χ2n) is 3.76. The monoisotopic (exact) mass is 171 g/mol. The van der Waals surface area contributed by atoms with Crippen molar-refractivity contribution in [2.24, 2.45) is 17.8 Å². The van der Waals surface area contributed by atoms with Crippen LogP contribution in [0.1, 0.15) is 20.3 Å². The molecule has 0 aromatic heterocycles. The van der Waals surface area contributed by atoms with Crippen molar-refractivity contribution >= 4 is 5.97 Å². The first kappa shape index (κ1) is 9.52. The van der Waals surface area contributed by atoms with E-state index in [1.165, 1.54) is 0 Å². The topological polar surface area (TPSA) is 49.3 Å². The Labute approximate surface area is 73.2 Å². The Hall–Kier alpha value is -0.570. The van der Waals surface area contributed by atoms with E-state index in [0.29, 0.717) is 11.8 Å². The standard InChI is InChI=1S/C9H17NO2/c1-6-5-10-4-3-8(6)7(2)9(11)12/h6-8,10H,3-5H2,1-2H3,(H,11,12). The van der Waals surface area contributed by atoms with Crippen LogP contribution >= 0.6 is 0 Å². The van der Waals surface area contributed by atoms with Crippen molar-refractivity contribution in [2.75, 3.05) is 13.1 Å². The van der Waals surface area contributed by atoms with Gasteiger partial charge in [0.25, 0.3) is 0 Å². The highest BCUT2D eigenvalue weighted by Gasteiger charge is 2.30. The number of hydrogen-bond donors (Lipinski definition) is 2. The zero-order chi connectivity index (χ0) is 9.14. The van der Waals surface area contributed by atoms with E-state index in [1.807, 2.05) is 6.92 Å². The fourth-order valence-corrected chi connectivity index (χ4v) is 1.96. The van der Waals surface area contributed by atoms with E-state index in [1.54, 1.807) is 0 Å². The van der Waals surface area contributed by atoms with Gasteiger partial charge in [0.1, 0.15) is 0 Å². The molecule has 1 fully saturated rings. The van der Waals surface area contributed by atoms with Gasteiger partial charge in [-0.1, -0.05) is 13.8 Å². The Kier molecular flexibility index (Phi) is 3.09. The van der Waals surface area contributed by atoms with E-state index in [9.17, 15) is 4.79 Å². The number of rotatable bonds is 2. The average molecular weight is 171 g/mol. The molecule has 3 nitrogen and oxygen atoms in total. The van der Waals surface area contributed by atoms with Crippen LogP contribution < -0.4 is 5.32 Å². The Balaban J connectivity index is 2.53. The van der Waals surface area contributed by atoms with Gasteiger partial charge in [0, 0.05) is 0 Å². The minimum Gasteiger partial charge on any atom is -0.481 e. The van der Waals surface area contributed by atoms with Crippen LogP contribution in [0.3, 0.4) is 0 Å². The molecule has 0 aromatic rings. The molecular formula is C9H17NO2. The van der Waals surface area contributed by atoms with Gasteiger partial charge in [-0.15, -0.1) is 0 Å². The fourth-order valence-electron chi connectivity index (χ4n) is 1.96. The summed E-state index contributed by atoms with van der Waals surface area (Å²) in [6, 6.07) is 0. The van der Waals surface area contributed by atoms with Crippen LogP contribution in [0.4, 0.5) is 0 Å². The van der Waals surface area contributed by atoms with Crippen molar-refractivity contribution in [3.05, 3.63) is 0 Å². The van der Waals surface area contributed by atoms with Crippen molar-refractivity contribution in [1.82, 2.24) is 5.32 Å². The first-order valence-electron chi connectivity index (χ1n) is 4.56. The van der Waals surface area contributed by atoms with Gasteiger partial charge in [-0.2, -0.15) is 0 Å². The number of aliphatic carboxylic acids is 1. The lowest BCUT2D eigenvalue weighted by Crippen LogP contribution is -2.39. The Morgan fingerprint density at radius 2 is 2.33 bits per heavy atom. The minimum atomic E-state index is -0.659. The third kappa shape index (κ3) is 1.97. The Bertz CT molecular complexity index is 170. The van der Waals surface area contributed by atoms with Crippen LogP contribution in [0.15, 0.2) is 0 Å². The summed E-state index contributed by atoms with van der Waals surface area (Å²) < 4.78 is 0. The van der Waals surface area contributed by atoms with Crippen LogP contribution in [0.25, 0.3) is 0 Å². The van der Waals surface area contributed by atoms with Crippen molar-refractivity contribution in [1.29, 1.82) is 0 Å². The van der Waals surface area contributed by atoms with Gasteiger partial charge in [-0.05, 0) is 31.3 Å². The number of piperidine rings is 1. The number of nitrogens with one attached hydrogen (secondary N) is 1. The van der Waals surface area contributed by atoms with Crippen LogP contribution in [-0.2, 0) is 4.79 Å². The van der Waals surface area contributed by atoms with Crippen LogP contribution in [-0.4, -0.2) is 24.2 Å². The van der Waals surface area contributed by atoms with Crippen molar-refractivity contribution < 1.29 is 9.90 Å². The molecule has 3 atom stereocenters. The molecule has 12 heavy (non-hydrogen) atoms. The van der Waals surface area contributed by atoms with Crippen molar-refractivity contribution in [3.8, 4) is 0 Å². The fraction of sp³-hybridized carbons (Fsp3) is 0.889. The lowest BCUT2D eigenvalue weighted by atomic mass is 9.79. The predicted molar refractivity (Wildman–Crippen MR) is 46.9 cm³/mol. The predicted octanol–water partition coefficient (Wildman–Crippen LogP) is 0.953. The summed E-state index contributed by atoms with van der Waals surface area (Å²) >= 11 is 0. The number of carbonyl (C=O) groups is 1. The molecular weight excluding hydrogens is 154 g/mol. The SMILES string of the molecule is CC1CNCCC1C(C)C(=O)O. The van der Waals surface area contributed by atoms with E-state index in [2.05, 4.69) is 12.2 Å². The van der Waals surface area contributed by atoms with E-state index >= 15 is 0 Å². The number of carboxylic acids is 1. The molecule has 70 valence electrons. The first-order chi connectivity index (χ1) is 5.63. The van der Waals surface area contributed by atoms with Crippen LogP contribution in [0.5, 0.6) is 0 Å². The summed E-state index contributed by atoms with van der Waals surface area (Å²) in [6.07, 6.45) is 0.995. The third-order valence-corrected chi connectivity index (χ3v) is 2.88. The summed E-state index contributed by atoms with van der Waals surface area (Å²) in [5.74, 6) is -0.00977. The zero-order valence-corrected chi connectivity index (χ0v) is 7.71. The summed E-state index contributed by atoms with van der Waals surface area (Å²) in [7, 11) is 0. The quantitative estimate of drug-likeness (QED) is 0.650. The highest BCUT2D eigenvalue weighted by molar-refractivity contribution is 5.69. The van der Waals surface area contributed by atoms with E-state index < -0.39 is 5.97 Å². The minimum absolute atomic E-state index is 0.193. The molecule has 0 radical (unpaired) electrons. The van der Waals surface area contributed by atoms with Crippen LogP contribution in [0.2, 0.25) is 0 Å². The molecule has 1 aliphatic heterocycles. The maximum Gasteiger partial charge on any atom is 0.306 e. The molecule has 3 heteroatoms. The summed E-state index contributed by atoms with van der Waals surface area (Å²) in [4.78, 5) is 10.7. The molecule has 0 saturated carbocycles. The van der Waals surface area contributed by atoms with Gasteiger partial charge < -0.3 is 10.4 Å². The zero-order valence-electron chi connectivity index (χ0n) is 7.71. The summed E-state index contributed by atoms with van der Waals surface area (Å²) in [6.45, 7) is 5.86. The first-order valence-corrected chi connectivity index (χ1v) is 4.56. The van der Waals surface area contributed by atoms with E-state index in [0.717, 1.165) is 19.5 Å². The highest BCUT2D eigenvalue weighted by Crippen LogP contribution is 2.26. The van der Waals surface area contributed by atoms with Gasteiger partial charge in [0.15, 0.2) is 0 Å². The normalized spacial score (nSPS) is 32.8. The van der Waals surface area contributed by atoms with Crippen molar-refractivity contribution in [2.45, 2.75) is 20.3 Å². The van der Waals surface area contributed by atoms with Gasteiger partial charge in [0.2, 0.25) is 0 Å². The molecule has 0 spiro atoms. The molecule has 0 amide bonds. The molecule has 3 unspecified atom stereocenters. The smallest absolute Gasteiger partial charge is 0.306 e.